The van der Waals surface area contributed by atoms with Crippen molar-refractivity contribution in [2.75, 3.05) is 13.2 Å². The second-order valence-electron chi connectivity index (χ2n) is 2.91. The van der Waals surface area contributed by atoms with Gasteiger partial charge in [0.1, 0.15) is 0 Å². The summed E-state index contributed by atoms with van der Waals surface area (Å²) in [6.45, 7) is 6.06. The van der Waals surface area contributed by atoms with Gasteiger partial charge in [-0.2, -0.15) is 7.05 Å². The van der Waals surface area contributed by atoms with Gasteiger partial charge in [0, 0.05) is 0 Å². The van der Waals surface area contributed by atoms with Crippen molar-refractivity contribution in [3.8, 4) is 0 Å². The smallest absolute Gasteiger partial charge is 0.0963 e. The Morgan fingerprint density at radius 3 is 2.11 bits per heavy atom. The molecule has 54 valence electrons. The van der Waals surface area contributed by atoms with Crippen molar-refractivity contribution in [2.24, 2.45) is 0 Å². The van der Waals surface area contributed by atoms with E-state index >= 15 is 0 Å². The second kappa shape index (κ2) is 2.67. The van der Waals surface area contributed by atoms with E-state index in [9.17, 15) is 0 Å². The molecule has 9 heavy (non-hydrogen) atoms. The molecule has 1 fully saturated rings. The zero-order valence-electron chi connectivity index (χ0n) is 6.18. The van der Waals surface area contributed by atoms with Crippen LogP contribution in [0.5, 0.6) is 0 Å². The molecule has 0 spiro atoms. The molecular formula is C7H15NO. The normalized spacial score (nSPS) is 39.0. The van der Waals surface area contributed by atoms with E-state index in [1.165, 1.54) is 4.90 Å². The molecule has 1 heterocycles. The molecule has 2 atom stereocenters. The Balaban J connectivity index is 2.41. The van der Waals surface area contributed by atoms with Crippen LogP contribution in [0.25, 0.3) is 0 Å². The van der Waals surface area contributed by atoms with Crippen LogP contribution in [0.4, 0.5) is 0 Å². The number of ether oxygens (including phenoxy) is 1. The van der Waals surface area contributed by atoms with Crippen molar-refractivity contribution in [3.05, 3.63) is 7.05 Å². The van der Waals surface area contributed by atoms with Gasteiger partial charge in [-0.15, -0.1) is 0 Å². The predicted molar refractivity (Wildman–Crippen MR) is 36.1 cm³/mol. The summed E-state index contributed by atoms with van der Waals surface area (Å²) in [5, 5.41) is 0. The third-order valence-electron chi connectivity index (χ3n) is 2.00. The number of hydrogen-bond donors (Lipinski definition) is 1. The summed E-state index contributed by atoms with van der Waals surface area (Å²) in [7, 11) is 4.00. The maximum absolute atomic E-state index is 5.30. The van der Waals surface area contributed by atoms with Crippen molar-refractivity contribution in [1.29, 1.82) is 0 Å². The molecule has 2 nitrogen and oxygen atoms in total. The van der Waals surface area contributed by atoms with Gasteiger partial charge >= 0.3 is 0 Å². The van der Waals surface area contributed by atoms with Gasteiger partial charge in [0.15, 0.2) is 0 Å². The highest BCUT2D eigenvalue weighted by Crippen LogP contribution is 1.90. The van der Waals surface area contributed by atoms with Crippen LogP contribution in [0, 0.1) is 7.05 Å². The van der Waals surface area contributed by atoms with Crippen LogP contribution >= 0.6 is 0 Å². The fourth-order valence-corrected chi connectivity index (χ4v) is 1.12. The molecule has 1 rings (SSSR count). The summed E-state index contributed by atoms with van der Waals surface area (Å²) < 4.78 is 5.30. The third kappa shape index (κ3) is 1.43. The summed E-state index contributed by atoms with van der Waals surface area (Å²) in [5.41, 5.74) is 0. The highest BCUT2D eigenvalue weighted by molar-refractivity contribution is 4.56. The van der Waals surface area contributed by atoms with Gasteiger partial charge in [0.05, 0.1) is 25.3 Å². The Kier molecular flexibility index (Phi) is 2.09. The Morgan fingerprint density at radius 1 is 1.33 bits per heavy atom. The zero-order valence-corrected chi connectivity index (χ0v) is 6.18. The standard InChI is InChI=1S/C7H15NO/c1-6-4-9-5-7(2)8(6)3/h6-8H,3-5H2,1-2H3/t6-,7-/m1/s1. The second-order valence-corrected chi connectivity index (χ2v) is 2.91. The lowest BCUT2D eigenvalue weighted by Crippen LogP contribution is -3.16. The van der Waals surface area contributed by atoms with E-state index in [2.05, 4.69) is 20.9 Å². The molecule has 1 saturated heterocycles. The average Bonchev–Trinajstić information content (AvgIpc) is 1.83. The van der Waals surface area contributed by atoms with Gasteiger partial charge in [-0.1, -0.05) is 0 Å². The molecule has 0 saturated carbocycles. The van der Waals surface area contributed by atoms with Crippen LogP contribution in [-0.2, 0) is 4.74 Å². The van der Waals surface area contributed by atoms with E-state index in [1.54, 1.807) is 0 Å². The van der Waals surface area contributed by atoms with E-state index in [0.717, 1.165) is 13.2 Å². The number of quaternary nitrogens is 1. The number of hydrogen-bond acceptors (Lipinski definition) is 1. The maximum Gasteiger partial charge on any atom is 0.0963 e. The van der Waals surface area contributed by atoms with Crippen molar-refractivity contribution in [3.63, 3.8) is 0 Å². The number of rotatable bonds is 0. The highest BCUT2D eigenvalue weighted by Gasteiger charge is 2.20. The molecule has 1 aliphatic rings. The minimum atomic E-state index is 0.564. The summed E-state index contributed by atoms with van der Waals surface area (Å²) in [6.07, 6.45) is 0. The fourth-order valence-electron chi connectivity index (χ4n) is 1.12. The minimum absolute atomic E-state index is 0.564. The first-order valence-corrected chi connectivity index (χ1v) is 3.48. The Morgan fingerprint density at radius 2 is 1.78 bits per heavy atom. The Labute approximate surface area is 56.8 Å². The van der Waals surface area contributed by atoms with Gasteiger partial charge in [-0.3, -0.25) is 0 Å². The lowest BCUT2D eigenvalue weighted by molar-refractivity contribution is -0.912. The molecule has 0 amide bonds. The van der Waals surface area contributed by atoms with Gasteiger partial charge in [-0.05, 0) is 13.8 Å². The predicted octanol–water partition coefficient (Wildman–Crippen LogP) is -0.530. The van der Waals surface area contributed by atoms with Crippen molar-refractivity contribution in [1.82, 2.24) is 0 Å². The Hall–Kier alpha value is -0.0800. The lowest BCUT2D eigenvalue weighted by Gasteiger charge is -2.38. The van der Waals surface area contributed by atoms with E-state index in [1.807, 2.05) is 0 Å². The molecule has 0 aromatic carbocycles. The first kappa shape index (κ1) is 7.03. The molecule has 0 aliphatic carbocycles. The molecule has 0 radical (unpaired) electrons. The van der Waals surface area contributed by atoms with Crippen LogP contribution in [0.15, 0.2) is 0 Å². The topological polar surface area (TPSA) is 13.7 Å². The van der Waals surface area contributed by atoms with E-state index in [0.29, 0.717) is 12.1 Å². The minimum Gasteiger partial charge on any atom is -0.460 e. The van der Waals surface area contributed by atoms with Crippen LogP contribution in [0.1, 0.15) is 13.8 Å². The van der Waals surface area contributed by atoms with Crippen LogP contribution in [0.3, 0.4) is 0 Å². The van der Waals surface area contributed by atoms with Gasteiger partial charge in [0.2, 0.25) is 0 Å². The molecule has 2 heteroatoms. The molecule has 0 aromatic rings. The SMILES string of the molecule is [CH2-][NH+]1[C@H](C)COC[C@H]1C. The van der Waals surface area contributed by atoms with Gasteiger partial charge in [0.25, 0.3) is 0 Å². The van der Waals surface area contributed by atoms with E-state index in [4.69, 9.17) is 4.74 Å². The van der Waals surface area contributed by atoms with Gasteiger partial charge < -0.3 is 9.64 Å². The number of nitrogens with one attached hydrogen (secondary N) is 1. The van der Waals surface area contributed by atoms with Crippen LogP contribution < -0.4 is 4.90 Å². The largest absolute Gasteiger partial charge is 0.460 e. The molecule has 0 aromatic heterocycles. The molecule has 1 aliphatic heterocycles. The fraction of sp³-hybridized carbons (Fsp3) is 0.857. The monoisotopic (exact) mass is 129 g/mol. The summed E-state index contributed by atoms with van der Waals surface area (Å²) in [4.78, 5) is 1.35. The van der Waals surface area contributed by atoms with Crippen molar-refractivity contribution >= 4 is 0 Å². The maximum atomic E-state index is 5.30. The van der Waals surface area contributed by atoms with Crippen molar-refractivity contribution < 1.29 is 9.64 Å². The van der Waals surface area contributed by atoms with E-state index in [-0.39, 0.29) is 0 Å². The first-order valence-electron chi connectivity index (χ1n) is 3.48. The zero-order chi connectivity index (χ0) is 6.85. The molecule has 1 N–H and O–H groups in total. The molecule has 0 unspecified atom stereocenters. The number of morpholine rings is 1. The quantitative estimate of drug-likeness (QED) is 0.434. The lowest BCUT2D eigenvalue weighted by atomic mass is 10.2. The van der Waals surface area contributed by atoms with Crippen molar-refractivity contribution in [2.45, 2.75) is 25.9 Å². The third-order valence-corrected chi connectivity index (χ3v) is 2.00. The molecular weight excluding hydrogens is 114 g/mol. The van der Waals surface area contributed by atoms with Gasteiger partial charge in [-0.25, -0.2) is 0 Å². The van der Waals surface area contributed by atoms with Crippen LogP contribution in [0.2, 0.25) is 0 Å². The molecule has 0 bridgehead atoms. The summed E-state index contributed by atoms with van der Waals surface area (Å²) >= 11 is 0. The summed E-state index contributed by atoms with van der Waals surface area (Å²) in [6, 6.07) is 1.13. The highest BCUT2D eigenvalue weighted by atomic mass is 16.5. The van der Waals surface area contributed by atoms with Crippen LogP contribution in [-0.4, -0.2) is 25.3 Å². The summed E-state index contributed by atoms with van der Waals surface area (Å²) in [5.74, 6) is 0. The first-order chi connectivity index (χ1) is 4.22. The average molecular weight is 129 g/mol. The van der Waals surface area contributed by atoms with E-state index < -0.39 is 0 Å². The Bertz CT molecular complexity index is 84.9.